The molecule has 2 N–H and O–H groups in total. The Hall–Kier alpha value is -1.82. The van der Waals surface area contributed by atoms with Gasteiger partial charge in [-0.15, -0.1) is 10.2 Å². The average Bonchev–Trinajstić information content (AvgIpc) is 2.71. The Kier molecular flexibility index (Phi) is 2.91. The molecule has 0 saturated carbocycles. The SMILES string of the molecule is NCCc1nnc(-c2ccc(F)c(F)c2)o1. The molecule has 0 fully saturated rings. The first-order valence-corrected chi connectivity index (χ1v) is 4.68. The number of hydrogen-bond acceptors (Lipinski definition) is 4. The summed E-state index contributed by atoms with van der Waals surface area (Å²) in [6, 6.07) is 3.39. The van der Waals surface area contributed by atoms with E-state index in [-0.39, 0.29) is 5.89 Å². The molecule has 2 rings (SSSR count). The maximum atomic E-state index is 12.9. The predicted molar refractivity (Wildman–Crippen MR) is 52.4 cm³/mol. The first-order valence-electron chi connectivity index (χ1n) is 4.68. The third kappa shape index (κ3) is 2.06. The molecule has 6 heteroatoms. The van der Waals surface area contributed by atoms with Crippen LogP contribution in [0.3, 0.4) is 0 Å². The molecule has 0 bridgehead atoms. The standard InChI is InChI=1S/C10H9F2N3O/c11-7-2-1-6(5-8(7)12)10-15-14-9(16-10)3-4-13/h1-2,5H,3-4,13H2. The summed E-state index contributed by atoms with van der Waals surface area (Å²) < 4.78 is 30.8. The van der Waals surface area contributed by atoms with Crippen molar-refractivity contribution in [3.63, 3.8) is 0 Å². The Labute approximate surface area is 90.1 Å². The zero-order valence-corrected chi connectivity index (χ0v) is 8.28. The maximum Gasteiger partial charge on any atom is 0.247 e. The van der Waals surface area contributed by atoms with Gasteiger partial charge in [-0.2, -0.15) is 0 Å². The molecule has 84 valence electrons. The van der Waals surface area contributed by atoms with Crippen LogP contribution < -0.4 is 5.73 Å². The second-order valence-corrected chi connectivity index (χ2v) is 3.17. The summed E-state index contributed by atoms with van der Waals surface area (Å²) >= 11 is 0. The maximum absolute atomic E-state index is 12.9. The van der Waals surface area contributed by atoms with Crippen molar-refractivity contribution >= 4 is 0 Å². The van der Waals surface area contributed by atoms with Gasteiger partial charge in [-0.3, -0.25) is 0 Å². The molecule has 0 aliphatic rings. The monoisotopic (exact) mass is 225 g/mol. The molecule has 0 saturated heterocycles. The van der Waals surface area contributed by atoms with Crippen LogP contribution in [-0.2, 0) is 6.42 Å². The number of hydrogen-bond donors (Lipinski definition) is 1. The normalized spacial score (nSPS) is 10.7. The number of halogens is 2. The topological polar surface area (TPSA) is 64.9 Å². The molecule has 1 heterocycles. The summed E-state index contributed by atoms with van der Waals surface area (Å²) in [5, 5.41) is 7.44. The van der Waals surface area contributed by atoms with Gasteiger partial charge in [-0.25, -0.2) is 8.78 Å². The lowest BCUT2D eigenvalue weighted by atomic mass is 10.2. The molecule has 0 spiro atoms. The van der Waals surface area contributed by atoms with Crippen LogP contribution in [0.15, 0.2) is 22.6 Å². The van der Waals surface area contributed by atoms with Crippen LogP contribution in [0.2, 0.25) is 0 Å². The van der Waals surface area contributed by atoms with Gasteiger partial charge < -0.3 is 10.2 Å². The largest absolute Gasteiger partial charge is 0.421 e. The molecule has 16 heavy (non-hydrogen) atoms. The fraction of sp³-hybridized carbons (Fsp3) is 0.200. The van der Waals surface area contributed by atoms with Crippen molar-refractivity contribution in [2.45, 2.75) is 6.42 Å². The van der Waals surface area contributed by atoms with Gasteiger partial charge in [0.15, 0.2) is 11.6 Å². The number of rotatable bonds is 3. The molecule has 0 amide bonds. The number of aromatic nitrogens is 2. The van der Waals surface area contributed by atoms with Gasteiger partial charge in [0.25, 0.3) is 0 Å². The molecular weight excluding hydrogens is 216 g/mol. The lowest BCUT2D eigenvalue weighted by Gasteiger charge is -1.95. The molecule has 0 aliphatic carbocycles. The predicted octanol–water partition coefficient (Wildman–Crippen LogP) is 1.52. The summed E-state index contributed by atoms with van der Waals surface area (Å²) in [5.41, 5.74) is 5.66. The molecule has 0 atom stereocenters. The van der Waals surface area contributed by atoms with Gasteiger partial charge in [-0.1, -0.05) is 0 Å². The zero-order chi connectivity index (χ0) is 11.5. The highest BCUT2D eigenvalue weighted by Crippen LogP contribution is 2.20. The van der Waals surface area contributed by atoms with Crippen molar-refractivity contribution in [3.05, 3.63) is 35.7 Å². The first-order chi connectivity index (χ1) is 7.70. The van der Waals surface area contributed by atoms with Crippen molar-refractivity contribution in [2.24, 2.45) is 5.73 Å². The molecule has 1 aromatic heterocycles. The fourth-order valence-corrected chi connectivity index (χ4v) is 1.22. The fourth-order valence-electron chi connectivity index (χ4n) is 1.22. The minimum absolute atomic E-state index is 0.155. The van der Waals surface area contributed by atoms with Gasteiger partial charge in [0.05, 0.1) is 0 Å². The molecule has 0 unspecified atom stereocenters. The van der Waals surface area contributed by atoms with Gasteiger partial charge in [-0.05, 0) is 18.2 Å². The molecule has 2 aromatic rings. The average molecular weight is 225 g/mol. The van der Waals surface area contributed by atoms with Crippen molar-refractivity contribution in [2.75, 3.05) is 6.54 Å². The van der Waals surface area contributed by atoms with Gasteiger partial charge in [0.1, 0.15) is 0 Å². The second kappa shape index (κ2) is 4.36. The lowest BCUT2D eigenvalue weighted by Crippen LogP contribution is -2.02. The third-order valence-electron chi connectivity index (χ3n) is 1.99. The smallest absolute Gasteiger partial charge is 0.247 e. The highest BCUT2D eigenvalue weighted by atomic mass is 19.2. The van der Waals surface area contributed by atoms with Crippen LogP contribution in [-0.4, -0.2) is 16.7 Å². The minimum Gasteiger partial charge on any atom is -0.421 e. The number of benzene rings is 1. The van der Waals surface area contributed by atoms with E-state index >= 15 is 0 Å². The summed E-state index contributed by atoms with van der Waals surface area (Å²) in [6.45, 7) is 0.388. The number of nitrogens with zero attached hydrogens (tertiary/aromatic N) is 2. The zero-order valence-electron chi connectivity index (χ0n) is 8.28. The summed E-state index contributed by atoms with van der Waals surface area (Å²) in [7, 11) is 0. The van der Waals surface area contributed by atoms with E-state index in [4.69, 9.17) is 10.2 Å². The van der Waals surface area contributed by atoms with E-state index in [1.54, 1.807) is 0 Å². The lowest BCUT2D eigenvalue weighted by molar-refractivity contribution is 0.499. The van der Waals surface area contributed by atoms with E-state index < -0.39 is 11.6 Å². The Morgan fingerprint density at radius 3 is 2.69 bits per heavy atom. The summed E-state index contributed by atoms with van der Waals surface area (Å²) in [4.78, 5) is 0. The molecule has 0 radical (unpaired) electrons. The molecular formula is C10H9F2N3O. The summed E-state index contributed by atoms with van der Waals surface area (Å²) in [6.07, 6.45) is 0.455. The van der Waals surface area contributed by atoms with Gasteiger partial charge >= 0.3 is 0 Å². The summed E-state index contributed by atoms with van der Waals surface area (Å²) in [5.74, 6) is -1.33. The van der Waals surface area contributed by atoms with Crippen molar-refractivity contribution in [3.8, 4) is 11.5 Å². The van der Waals surface area contributed by atoms with E-state index in [2.05, 4.69) is 10.2 Å². The molecule has 0 aliphatic heterocycles. The van der Waals surface area contributed by atoms with E-state index in [0.717, 1.165) is 12.1 Å². The van der Waals surface area contributed by atoms with E-state index in [1.165, 1.54) is 6.07 Å². The Morgan fingerprint density at radius 1 is 1.19 bits per heavy atom. The van der Waals surface area contributed by atoms with Crippen molar-refractivity contribution in [1.29, 1.82) is 0 Å². The van der Waals surface area contributed by atoms with Crippen LogP contribution in [0.5, 0.6) is 0 Å². The molecule has 1 aromatic carbocycles. The van der Waals surface area contributed by atoms with Crippen LogP contribution in [0.4, 0.5) is 8.78 Å². The third-order valence-corrected chi connectivity index (χ3v) is 1.99. The van der Waals surface area contributed by atoms with Crippen LogP contribution >= 0.6 is 0 Å². The highest BCUT2D eigenvalue weighted by Gasteiger charge is 2.10. The van der Waals surface area contributed by atoms with Crippen LogP contribution in [0.25, 0.3) is 11.5 Å². The minimum atomic E-state index is -0.948. The van der Waals surface area contributed by atoms with Crippen LogP contribution in [0, 0.1) is 11.6 Å². The number of nitrogens with two attached hydrogens (primary N) is 1. The second-order valence-electron chi connectivity index (χ2n) is 3.17. The van der Waals surface area contributed by atoms with Crippen molar-refractivity contribution < 1.29 is 13.2 Å². The van der Waals surface area contributed by atoms with E-state index in [1.807, 2.05) is 0 Å². The Balaban J connectivity index is 2.31. The highest BCUT2D eigenvalue weighted by molar-refractivity contribution is 5.52. The molecule has 4 nitrogen and oxygen atoms in total. The first kappa shape index (κ1) is 10.7. The quantitative estimate of drug-likeness (QED) is 0.860. The van der Waals surface area contributed by atoms with Gasteiger partial charge in [0.2, 0.25) is 11.8 Å². The Bertz CT molecular complexity index is 499. The van der Waals surface area contributed by atoms with Crippen LogP contribution in [0.1, 0.15) is 5.89 Å². The Morgan fingerprint density at radius 2 is 2.00 bits per heavy atom. The van der Waals surface area contributed by atoms with E-state index in [0.29, 0.717) is 24.4 Å². The van der Waals surface area contributed by atoms with E-state index in [9.17, 15) is 8.78 Å². The van der Waals surface area contributed by atoms with Crippen molar-refractivity contribution in [1.82, 2.24) is 10.2 Å². The van der Waals surface area contributed by atoms with Gasteiger partial charge in [0, 0.05) is 18.5 Å².